The third-order valence-electron chi connectivity index (χ3n) is 2.82. The van der Waals surface area contributed by atoms with E-state index in [4.69, 9.17) is 0 Å². The van der Waals surface area contributed by atoms with E-state index in [1.165, 1.54) is 19.3 Å². The molecule has 0 unspecified atom stereocenters. The number of anilines is 1. The Kier molecular flexibility index (Phi) is 2.29. The van der Waals surface area contributed by atoms with Crippen molar-refractivity contribution in [3.05, 3.63) is 30.9 Å². The van der Waals surface area contributed by atoms with Crippen molar-refractivity contribution in [1.29, 1.82) is 0 Å². The number of hydrogen-bond donors (Lipinski definition) is 1. The summed E-state index contributed by atoms with van der Waals surface area (Å²) < 4.78 is 1.68. The molecule has 16 heavy (non-hydrogen) atoms. The van der Waals surface area contributed by atoms with E-state index in [0.717, 1.165) is 5.69 Å². The van der Waals surface area contributed by atoms with E-state index in [9.17, 15) is 0 Å². The molecule has 0 aliphatic heterocycles. The zero-order valence-corrected chi connectivity index (χ0v) is 8.87. The van der Waals surface area contributed by atoms with Crippen molar-refractivity contribution in [3.63, 3.8) is 0 Å². The molecule has 1 N–H and O–H groups in total. The molecule has 0 spiro atoms. The van der Waals surface area contributed by atoms with E-state index >= 15 is 0 Å². The predicted molar refractivity (Wildman–Crippen MR) is 60.4 cm³/mol. The van der Waals surface area contributed by atoms with Gasteiger partial charge in [0.1, 0.15) is 0 Å². The van der Waals surface area contributed by atoms with Gasteiger partial charge in [0.25, 0.3) is 0 Å². The van der Waals surface area contributed by atoms with Gasteiger partial charge in [-0.15, -0.1) is 0 Å². The Morgan fingerprint density at radius 1 is 1.25 bits per heavy atom. The first-order valence-corrected chi connectivity index (χ1v) is 5.50. The van der Waals surface area contributed by atoms with E-state index in [1.54, 1.807) is 23.1 Å². The van der Waals surface area contributed by atoms with E-state index in [0.29, 0.717) is 12.0 Å². The van der Waals surface area contributed by atoms with Crippen LogP contribution in [0.2, 0.25) is 0 Å². The maximum Gasteiger partial charge on any atom is 0.250 e. The van der Waals surface area contributed by atoms with Crippen LogP contribution in [0.5, 0.6) is 0 Å². The van der Waals surface area contributed by atoms with Crippen LogP contribution in [0.15, 0.2) is 30.9 Å². The molecule has 3 rings (SSSR count). The molecule has 1 saturated carbocycles. The third kappa shape index (κ3) is 1.76. The quantitative estimate of drug-likeness (QED) is 0.845. The zero-order valence-electron chi connectivity index (χ0n) is 8.87. The minimum Gasteiger partial charge on any atom is -0.380 e. The van der Waals surface area contributed by atoms with E-state index in [-0.39, 0.29) is 0 Å². The molecule has 0 atom stereocenters. The van der Waals surface area contributed by atoms with Crippen LogP contribution in [-0.2, 0) is 0 Å². The average molecular weight is 215 g/mol. The molecule has 2 heterocycles. The van der Waals surface area contributed by atoms with Crippen molar-refractivity contribution in [2.45, 2.75) is 25.3 Å². The minimum absolute atomic E-state index is 0.601. The number of nitrogens with zero attached hydrogens (tertiary/aromatic N) is 4. The lowest BCUT2D eigenvalue weighted by molar-refractivity contribution is 0.445. The first-order valence-electron chi connectivity index (χ1n) is 5.50. The highest BCUT2D eigenvalue weighted by molar-refractivity contribution is 5.41. The highest BCUT2D eigenvalue weighted by Crippen LogP contribution is 2.22. The molecule has 5 nitrogen and oxygen atoms in total. The second kappa shape index (κ2) is 3.92. The summed E-state index contributed by atoms with van der Waals surface area (Å²) in [4.78, 5) is 8.27. The van der Waals surface area contributed by atoms with Crippen LogP contribution in [0, 0.1) is 0 Å². The highest BCUT2D eigenvalue weighted by Gasteiger charge is 2.17. The molecular formula is C11H13N5. The Morgan fingerprint density at radius 3 is 2.75 bits per heavy atom. The number of nitrogens with one attached hydrogen (secondary N) is 1. The molecule has 1 aliphatic rings. The summed E-state index contributed by atoms with van der Waals surface area (Å²) >= 11 is 0. The fourth-order valence-electron chi connectivity index (χ4n) is 1.70. The second-order valence-corrected chi connectivity index (χ2v) is 3.99. The van der Waals surface area contributed by atoms with Gasteiger partial charge in [0, 0.05) is 18.4 Å². The Hall–Kier alpha value is -1.91. The van der Waals surface area contributed by atoms with Gasteiger partial charge in [-0.25, -0.2) is 14.6 Å². The molecule has 2 aromatic heterocycles. The van der Waals surface area contributed by atoms with Crippen LogP contribution in [0.25, 0.3) is 5.95 Å². The summed E-state index contributed by atoms with van der Waals surface area (Å²) in [7, 11) is 0. The molecule has 0 amide bonds. The first-order chi connectivity index (χ1) is 7.92. The molecule has 0 bridgehead atoms. The number of hydrogen-bond acceptors (Lipinski definition) is 4. The van der Waals surface area contributed by atoms with Crippen molar-refractivity contribution in [2.75, 3.05) is 5.32 Å². The van der Waals surface area contributed by atoms with Gasteiger partial charge in [0.15, 0.2) is 0 Å². The second-order valence-electron chi connectivity index (χ2n) is 3.99. The predicted octanol–water partition coefficient (Wildman–Crippen LogP) is 1.63. The molecule has 82 valence electrons. The molecule has 5 heteroatoms. The lowest BCUT2D eigenvalue weighted by atomic mass is 9.93. The van der Waals surface area contributed by atoms with E-state index in [2.05, 4.69) is 20.4 Å². The largest absolute Gasteiger partial charge is 0.380 e. The van der Waals surface area contributed by atoms with Crippen molar-refractivity contribution in [3.8, 4) is 5.95 Å². The standard InChI is InChI=1S/C11H13N5/c1-3-9(4-1)15-10-7-14-16(8-10)11-12-5-2-6-13-11/h2,5-9,15H,1,3-4H2. The van der Waals surface area contributed by atoms with Gasteiger partial charge >= 0.3 is 0 Å². The zero-order chi connectivity index (χ0) is 10.8. The topological polar surface area (TPSA) is 55.6 Å². The molecule has 1 fully saturated rings. The van der Waals surface area contributed by atoms with Crippen LogP contribution in [-0.4, -0.2) is 25.8 Å². The summed E-state index contributed by atoms with van der Waals surface area (Å²) in [6.45, 7) is 0. The highest BCUT2D eigenvalue weighted by atomic mass is 15.3. The van der Waals surface area contributed by atoms with E-state index < -0.39 is 0 Å². The SMILES string of the molecule is c1cnc(-n2cc(NC3CCC3)cn2)nc1. The number of aromatic nitrogens is 4. The summed E-state index contributed by atoms with van der Waals surface area (Å²) in [6, 6.07) is 2.41. The van der Waals surface area contributed by atoms with Crippen molar-refractivity contribution < 1.29 is 0 Å². The van der Waals surface area contributed by atoms with Crippen molar-refractivity contribution in [1.82, 2.24) is 19.7 Å². The van der Waals surface area contributed by atoms with E-state index in [1.807, 2.05) is 12.4 Å². The van der Waals surface area contributed by atoms with Gasteiger partial charge < -0.3 is 5.32 Å². The van der Waals surface area contributed by atoms with Crippen molar-refractivity contribution in [2.24, 2.45) is 0 Å². The van der Waals surface area contributed by atoms with Gasteiger partial charge in [0.05, 0.1) is 18.1 Å². The maximum absolute atomic E-state index is 4.23. The smallest absolute Gasteiger partial charge is 0.250 e. The summed E-state index contributed by atoms with van der Waals surface area (Å²) in [5.74, 6) is 0.601. The fraction of sp³-hybridized carbons (Fsp3) is 0.364. The van der Waals surface area contributed by atoms with Gasteiger partial charge in [-0.05, 0) is 25.3 Å². The monoisotopic (exact) mass is 215 g/mol. The van der Waals surface area contributed by atoms with Crippen LogP contribution < -0.4 is 5.32 Å². The molecule has 2 aromatic rings. The minimum atomic E-state index is 0.601. The third-order valence-corrected chi connectivity index (χ3v) is 2.82. The average Bonchev–Trinajstić information content (AvgIpc) is 2.73. The summed E-state index contributed by atoms with van der Waals surface area (Å²) in [5.41, 5.74) is 1.04. The summed E-state index contributed by atoms with van der Waals surface area (Å²) in [5, 5.41) is 7.66. The fourth-order valence-corrected chi connectivity index (χ4v) is 1.70. The van der Waals surface area contributed by atoms with Crippen LogP contribution >= 0.6 is 0 Å². The molecule has 0 radical (unpaired) electrons. The van der Waals surface area contributed by atoms with Gasteiger partial charge in [0.2, 0.25) is 5.95 Å². The van der Waals surface area contributed by atoms with Crippen LogP contribution in [0.3, 0.4) is 0 Å². The number of rotatable bonds is 3. The Morgan fingerprint density at radius 2 is 2.06 bits per heavy atom. The Bertz CT molecular complexity index is 460. The van der Waals surface area contributed by atoms with Gasteiger partial charge in [-0.2, -0.15) is 5.10 Å². The summed E-state index contributed by atoms with van der Waals surface area (Å²) in [6.07, 6.45) is 11.0. The molecular weight excluding hydrogens is 202 g/mol. The van der Waals surface area contributed by atoms with Crippen LogP contribution in [0.4, 0.5) is 5.69 Å². The van der Waals surface area contributed by atoms with Gasteiger partial charge in [-0.1, -0.05) is 0 Å². The molecule has 0 saturated heterocycles. The molecule has 1 aliphatic carbocycles. The van der Waals surface area contributed by atoms with Crippen molar-refractivity contribution >= 4 is 5.69 Å². The van der Waals surface area contributed by atoms with Gasteiger partial charge in [-0.3, -0.25) is 0 Å². The maximum atomic E-state index is 4.23. The Labute approximate surface area is 93.5 Å². The first kappa shape index (κ1) is 9.33. The Balaban J connectivity index is 1.77. The van der Waals surface area contributed by atoms with Crippen LogP contribution in [0.1, 0.15) is 19.3 Å². The lowest BCUT2D eigenvalue weighted by Gasteiger charge is -2.26. The normalized spacial score (nSPS) is 15.8. The lowest BCUT2D eigenvalue weighted by Crippen LogP contribution is -2.26. The molecule has 0 aromatic carbocycles.